The Hall–Kier alpha value is -3.59. The molecule has 1 aliphatic heterocycles. The summed E-state index contributed by atoms with van der Waals surface area (Å²) in [6, 6.07) is 14.6. The SMILES string of the molecule is CC(C)(NC(=O)CC1(NC(=O)c2cc(-c3ccc(F)cc3F)on2)CN(C2CCCCC2)C1)c1ccccc1. The maximum absolute atomic E-state index is 14.2. The highest BCUT2D eigenvalue weighted by molar-refractivity contribution is 5.94. The molecule has 2 amide bonds. The zero-order valence-corrected chi connectivity index (χ0v) is 22.3. The molecule has 2 heterocycles. The second kappa shape index (κ2) is 10.9. The summed E-state index contributed by atoms with van der Waals surface area (Å²) in [7, 11) is 0. The van der Waals surface area contributed by atoms with E-state index in [1.807, 2.05) is 44.2 Å². The Morgan fingerprint density at radius 2 is 1.77 bits per heavy atom. The number of halogens is 2. The molecular formula is C30H34F2N4O3. The van der Waals surface area contributed by atoms with Crippen molar-refractivity contribution in [2.45, 2.75) is 69.5 Å². The van der Waals surface area contributed by atoms with Gasteiger partial charge >= 0.3 is 0 Å². The third kappa shape index (κ3) is 6.03. The van der Waals surface area contributed by atoms with Crippen molar-refractivity contribution < 1.29 is 22.9 Å². The molecule has 2 N–H and O–H groups in total. The number of hydrogen-bond donors (Lipinski definition) is 2. The molecule has 0 bridgehead atoms. The Balaban J connectivity index is 1.31. The van der Waals surface area contributed by atoms with E-state index in [0.29, 0.717) is 19.1 Å². The molecule has 0 unspecified atom stereocenters. The summed E-state index contributed by atoms with van der Waals surface area (Å²) in [5.41, 5.74) is -0.402. The number of carbonyl (C=O) groups excluding carboxylic acids is 2. The van der Waals surface area contributed by atoms with Crippen LogP contribution in [0.2, 0.25) is 0 Å². The van der Waals surface area contributed by atoms with Crippen LogP contribution in [0.1, 0.15) is 68.4 Å². The fraction of sp³-hybridized carbons (Fsp3) is 0.433. The second-order valence-corrected chi connectivity index (χ2v) is 11.3. The van der Waals surface area contributed by atoms with Crippen LogP contribution in [0.3, 0.4) is 0 Å². The number of benzene rings is 2. The minimum absolute atomic E-state index is 0.00676. The summed E-state index contributed by atoms with van der Waals surface area (Å²) >= 11 is 0. The first-order chi connectivity index (χ1) is 18.6. The average molecular weight is 537 g/mol. The molecule has 1 aromatic heterocycles. The van der Waals surface area contributed by atoms with Gasteiger partial charge in [0.1, 0.15) is 11.6 Å². The van der Waals surface area contributed by atoms with E-state index in [1.165, 1.54) is 31.4 Å². The lowest BCUT2D eigenvalue weighted by atomic mass is 9.81. The maximum atomic E-state index is 14.2. The van der Waals surface area contributed by atoms with Crippen LogP contribution in [0.25, 0.3) is 11.3 Å². The lowest BCUT2D eigenvalue weighted by Gasteiger charge is -2.54. The summed E-state index contributed by atoms with van der Waals surface area (Å²) in [5, 5.41) is 9.99. The zero-order valence-electron chi connectivity index (χ0n) is 22.3. The maximum Gasteiger partial charge on any atom is 0.274 e. The third-order valence-electron chi connectivity index (χ3n) is 7.87. The Bertz CT molecular complexity index is 1330. The van der Waals surface area contributed by atoms with Gasteiger partial charge in [0.05, 0.1) is 23.1 Å². The van der Waals surface area contributed by atoms with Gasteiger partial charge in [-0.25, -0.2) is 8.78 Å². The Morgan fingerprint density at radius 1 is 1.05 bits per heavy atom. The summed E-state index contributed by atoms with van der Waals surface area (Å²) in [5.74, 6) is -2.18. The van der Waals surface area contributed by atoms with E-state index < -0.39 is 28.6 Å². The predicted octanol–water partition coefficient (Wildman–Crippen LogP) is 5.18. The van der Waals surface area contributed by atoms with E-state index in [0.717, 1.165) is 30.5 Å². The molecule has 5 rings (SSSR count). The number of nitrogens with zero attached hydrogens (tertiary/aromatic N) is 2. The van der Waals surface area contributed by atoms with Crippen molar-refractivity contribution in [2.24, 2.45) is 0 Å². The quantitative estimate of drug-likeness (QED) is 0.414. The molecule has 1 aliphatic carbocycles. The van der Waals surface area contributed by atoms with Gasteiger partial charge in [0.15, 0.2) is 11.5 Å². The summed E-state index contributed by atoms with van der Waals surface area (Å²) in [4.78, 5) is 28.9. The van der Waals surface area contributed by atoms with Gasteiger partial charge in [-0.05, 0) is 44.4 Å². The lowest BCUT2D eigenvalue weighted by Crippen LogP contribution is -2.73. The smallest absolute Gasteiger partial charge is 0.274 e. The van der Waals surface area contributed by atoms with Gasteiger partial charge in [-0.15, -0.1) is 0 Å². The first kappa shape index (κ1) is 27.0. The van der Waals surface area contributed by atoms with Crippen molar-refractivity contribution in [2.75, 3.05) is 13.1 Å². The number of aromatic nitrogens is 1. The van der Waals surface area contributed by atoms with Crippen molar-refractivity contribution in [3.8, 4) is 11.3 Å². The molecule has 0 radical (unpaired) electrons. The lowest BCUT2D eigenvalue weighted by molar-refractivity contribution is -0.127. The van der Waals surface area contributed by atoms with E-state index >= 15 is 0 Å². The molecule has 9 heteroatoms. The van der Waals surface area contributed by atoms with Crippen molar-refractivity contribution in [3.63, 3.8) is 0 Å². The van der Waals surface area contributed by atoms with Gasteiger partial charge < -0.3 is 15.2 Å². The minimum atomic E-state index is -0.811. The van der Waals surface area contributed by atoms with Gasteiger partial charge in [0.2, 0.25) is 5.91 Å². The standard InChI is InChI=1S/C30H34F2N4O3/c1-29(2,20-9-5-3-6-10-20)33-27(37)17-30(18-36(19-30)22-11-7-4-8-12-22)34-28(38)25-16-26(39-35-25)23-14-13-21(31)15-24(23)32/h3,5-6,9-10,13-16,22H,4,7-8,11-12,17-19H2,1-2H3,(H,33,37)(H,34,38). The molecule has 1 saturated carbocycles. The second-order valence-electron chi connectivity index (χ2n) is 11.3. The average Bonchev–Trinajstić information content (AvgIpc) is 3.38. The fourth-order valence-electron chi connectivity index (χ4n) is 5.80. The molecule has 2 fully saturated rings. The number of hydrogen-bond acceptors (Lipinski definition) is 5. The summed E-state index contributed by atoms with van der Waals surface area (Å²) in [6.45, 7) is 5.01. The fourth-order valence-corrected chi connectivity index (χ4v) is 5.80. The van der Waals surface area contributed by atoms with Crippen molar-refractivity contribution in [3.05, 3.63) is 77.5 Å². The molecule has 0 atom stereocenters. The van der Waals surface area contributed by atoms with Crippen LogP contribution in [-0.2, 0) is 10.3 Å². The first-order valence-electron chi connectivity index (χ1n) is 13.5. The van der Waals surface area contributed by atoms with Crippen LogP contribution in [0, 0.1) is 11.6 Å². The van der Waals surface area contributed by atoms with E-state index in [4.69, 9.17) is 4.52 Å². The zero-order chi connectivity index (χ0) is 27.6. The largest absolute Gasteiger partial charge is 0.355 e. The molecule has 2 aliphatic rings. The highest BCUT2D eigenvalue weighted by atomic mass is 19.1. The van der Waals surface area contributed by atoms with Gasteiger partial charge in [0, 0.05) is 31.3 Å². The predicted molar refractivity (Wildman–Crippen MR) is 143 cm³/mol. The Labute approximate surface area is 226 Å². The van der Waals surface area contributed by atoms with Crippen LogP contribution in [0.5, 0.6) is 0 Å². The molecular weight excluding hydrogens is 502 g/mol. The molecule has 7 nitrogen and oxygen atoms in total. The highest BCUT2D eigenvalue weighted by Crippen LogP contribution is 2.34. The van der Waals surface area contributed by atoms with Gasteiger partial charge in [-0.2, -0.15) is 0 Å². The van der Waals surface area contributed by atoms with E-state index in [1.54, 1.807) is 0 Å². The van der Waals surface area contributed by atoms with Gasteiger partial charge in [-0.3, -0.25) is 14.5 Å². The highest BCUT2D eigenvalue weighted by Gasteiger charge is 2.48. The molecule has 1 saturated heterocycles. The number of likely N-dealkylation sites (tertiary alicyclic amines) is 1. The Morgan fingerprint density at radius 3 is 2.46 bits per heavy atom. The molecule has 2 aromatic carbocycles. The number of carbonyl (C=O) groups is 2. The van der Waals surface area contributed by atoms with E-state index in [-0.39, 0.29) is 29.3 Å². The monoisotopic (exact) mass is 536 g/mol. The normalized spacial score (nSPS) is 17.8. The summed E-state index contributed by atoms with van der Waals surface area (Å²) in [6.07, 6.45) is 5.96. The number of amides is 2. The number of nitrogens with one attached hydrogen (secondary N) is 2. The molecule has 0 spiro atoms. The van der Waals surface area contributed by atoms with Crippen LogP contribution < -0.4 is 10.6 Å². The minimum Gasteiger partial charge on any atom is -0.355 e. The van der Waals surface area contributed by atoms with Crippen LogP contribution >= 0.6 is 0 Å². The van der Waals surface area contributed by atoms with Crippen LogP contribution in [0.4, 0.5) is 8.78 Å². The van der Waals surface area contributed by atoms with Crippen molar-refractivity contribution >= 4 is 11.8 Å². The van der Waals surface area contributed by atoms with Crippen LogP contribution in [0.15, 0.2) is 59.1 Å². The molecule has 206 valence electrons. The van der Waals surface area contributed by atoms with E-state index in [2.05, 4.69) is 20.7 Å². The Kier molecular flexibility index (Phi) is 7.53. The topological polar surface area (TPSA) is 87.5 Å². The van der Waals surface area contributed by atoms with Crippen LogP contribution in [-0.4, -0.2) is 46.5 Å². The third-order valence-corrected chi connectivity index (χ3v) is 7.87. The van der Waals surface area contributed by atoms with Crippen molar-refractivity contribution in [1.82, 2.24) is 20.7 Å². The first-order valence-corrected chi connectivity index (χ1v) is 13.5. The van der Waals surface area contributed by atoms with E-state index in [9.17, 15) is 18.4 Å². The molecule has 3 aromatic rings. The number of rotatable bonds is 8. The van der Waals surface area contributed by atoms with Gasteiger partial charge in [0.25, 0.3) is 5.91 Å². The summed E-state index contributed by atoms with van der Waals surface area (Å²) < 4.78 is 32.7. The van der Waals surface area contributed by atoms with Crippen molar-refractivity contribution in [1.29, 1.82) is 0 Å². The van der Waals surface area contributed by atoms with Gasteiger partial charge in [-0.1, -0.05) is 54.8 Å². The molecule has 39 heavy (non-hydrogen) atoms.